The van der Waals surface area contributed by atoms with Crippen molar-refractivity contribution < 1.29 is 41.0 Å². The number of rotatable bonds is 7. The normalized spacial score (nSPS) is 13.0. The Bertz CT molecular complexity index is 695. The van der Waals surface area contributed by atoms with Crippen molar-refractivity contribution in [3.63, 3.8) is 0 Å². The molecule has 0 fully saturated rings. The van der Waals surface area contributed by atoms with E-state index in [0.717, 1.165) is 7.11 Å². The van der Waals surface area contributed by atoms with Gasteiger partial charge in [0.2, 0.25) is 0 Å². The molecule has 0 saturated carbocycles. The van der Waals surface area contributed by atoms with E-state index in [1.807, 2.05) is 0 Å². The molecule has 1 aromatic rings. The van der Waals surface area contributed by atoms with Crippen LogP contribution in [0.2, 0.25) is 25.7 Å². The van der Waals surface area contributed by atoms with Gasteiger partial charge in [0.05, 0.1) is 13.7 Å². The number of alkyl carbamates (subject to hydrolysis) is 1. The van der Waals surface area contributed by atoms with Crippen molar-refractivity contribution in [3.05, 3.63) is 34.9 Å². The molecule has 11 heteroatoms. The first-order chi connectivity index (χ1) is 12.7. The predicted molar refractivity (Wildman–Crippen MR) is 93.5 cm³/mol. The number of hydrogen-bond donors (Lipinski definition) is 1. The van der Waals surface area contributed by atoms with Gasteiger partial charge in [-0.15, -0.1) is 0 Å². The van der Waals surface area contributed by atoms with Gasteiger partial charge in [0.25, 0.3) is 0 Å². The first kappa shape index (κ1) is 23.9. The zero-order chi connectivity index (χ0) is 21.7. The molecule has 0 aromatic heterocycles. The highest BCUT2D eigenvalue weighted by Gasteiger charge is 2.38. The number of halogens is 5. The van der Waals surface area contributed by atoms with E-state index in [4.69, 9.17) is 4.74 Å². The Morgan fingerprint density at radius 1 is 1.14 bits per heavy atom. The lowest BCUT2D eigenvalue weighted by Gasteiger charge is -2.19. The molecule has 0 bridgehead atoms. The lowest BCUT2D eigenvalue weighted by atomic mass is 10.0. The average molecular weight is 427 g/mol. The molecule has 1 aromatic carbocycles. The number of methoxy groups -OCH3 is 1. The van der Waals surface area contributed by atoms with Gasteiger partial charge in [-0.3, -0.25) is 0 Å². The van der Waals surface area contributed by atoms with Crippen LogP contribution in [0.5, 0.6) is 0 Å². The number of ether oxygens (including phenoxy) is 2. The van der Waals surface area contributed by atoms with Gasteiger partial charge >= 0.3 is 18.2 Å². The van der Waals surface area contributed by atoms with Crippen LogP contribution in [0.25, 0.3) is 0 Å². The van der Waals surface area contributed by atoms with E-state index in [1.165, 1.54) is 0 Å². The molecule has 0 aliphatic carbocycles. The van der Waals surface area contributed by atoms with Gasteiger partial charge in [-0.1, -0.05) is 19.6 Å². The number of alkyl halides is 3. The largest absolute Gasteiger partial charge is 0.467 e. The monoisotopic (exact) mass is 427 g/mol. The lowest BCUT2D eigenvalue weighted by molar-refractivity contribution is -0.143. The Morgan fingerprint density at radius 2 is 1.68 bits per heavy atom. The summed E-state index contributed by atoms with van der Waals surface area (Å²) in [5.74, 6) is -4.57. The predicted octanol–water partition coefficient (Wildman–Crippen LogP) is 4.13. The van der Waals surface area contributed by atoms with Crippen molar-refractivity contribution in [2.75, 3.05) is 13.7 Å². The van der Waals surface area contributed by atoms with E-state index >= 15 is 0 Å². The zero-order valence-electron chi connectivity index (χ0n) is 15.9. The van der Waals surface area contributed by atoms with Crippen molar-refractivity contribution in [2.45, 2.75) is 44.3 Å². The minimum atomic E-state index is -5.20. The summed E-state index contributed by atoms with van der Waals surface area (Å²) >= 11 is 0. The summed E-state index contributed by atoms with van der Waals surface area (Å²) < 4.78 is 74.8. The van der Waals surface area contributed by atoms with Gasteiger partial charge < -0.3 is 14.8 Å². The summed E-state index contributed by atoms with van der Waals surface area (Å²) in [4.78, 5) is 23.7. The van der Waals surface area contributed by atoms with Crippen LogP contribution in [0.3, 0.4) is 0 Å². The number of amides is 1. The van der Waals surface area contributed by atoms with E-state index in [-0.39, 0.29) is 12.2 Å². The summed E-state index contributed by atoms with van der Waals surface area (Å²) in [6.45, 7) is 6.33. The Hall–Kier alpha value is -2.17. The van der Waals surface area contributed by atoms with E-state index < -0.39 is 56.0 Å². The second kappa shape index (κ2) is 9.35. The minimum absolute atomic E-state index is 0.124. The molecule has 0 spiro atoms. The molecule has 28 heavy (non-hydrogen) atoms. The Morgan fingerprint density at radius 3 is 2.11 bits per heavy atom. The topological polar surface area (TPSA) is 64.6 Å². The number of carbonyl (C=O) groups is 2. The smallest absolute Gasteiger partial charge is 0.422 e. The summed E-state index contributed by atoms with van der Waals surface area (Å²) in [6.07, 6.45) is -6.63. The highest BCUT2D eigenvalue weighted by atomic mass is 28.3. The summed E-state index contributed by atoms with van der Waals surface area (Å²) in [7, 11) is -0.430. The fourth-order valence-corrected chi connectivity index (χ4v) is 2.93. The fraction of sp³-hybridized carbons (Fsp3) is 0.529. The Labute approximate surface area is 160 Å². The van der Waals surface area contributed by atoms with Crippen LogP contribution in [-0.2, 0) is 26.9 Å². The van der Waals surface area contributed by atoms with Gasteiger partial charge in [-0.05, 0) is 23.7 Å². The molecule has 5 nitrogen and oxygen atoms in total. The lowest BCUT2D eigenvalue weighted by Crippen LogP contribution is -2.43. The van der Waals surface area contributed by atoms with Gasteiger partial charge in [0.15, 0.2) is 0 Å². The van der Waals surface area contributed by atoms with Crippen molar-refractivity contribution in [1.82, 2.24) is 5.32 Å². The van der Waals surface area contributed by atoms with Gasteiger partial charge in [-0.2, -0.15) is 13.2 Å². The number of nitrogens with one attached hydrogen (secondary N) is 1. The molecule has 158 valence electrons. The molecule has 1 amide bonds. The third-order valence-electron chi connectivity index (χ3n) is 3.69. The van der Waals surface area contributed by atoms with Gasteiger partial charge in [0, 0.05) is 14.5 Å². The second-order valence-electron chi connectivity index (χ2n) is 7.30. The summed E-state index contributed by atoms with van der Waals surface area (Å²) in [6, 6.07) is 0.207. The average Bonchev–Trinajstić information content (AvgIpc) is 2.50. The number of carbonyl (C=O) groups excluding carboxylic acids is 2. The highest BCUT2D eigenvalue weighted by molar-refractivity contribution is 6.76. The molecule has 0 aliphatic rings. The number of hydrogen-bond acceptors (Lipinski definition) is 4. The maximum atomic E-state index is 13.7. The molecule has 0 radical (unpaired) electrons. The number of esters is 1. The number of benzene rings is 1. The quantitative estimate of drug-likeness (QED) is 0.404. The van der Waals surface area contributed by atoms with Crippen LogP contribution in [0.4, 0.5) is 26.7 Å². The van der Waals surface area contributed by atoms with Crippen LogP contribution in [-0.4, -0.2) is 39.9 Å². The van der Waals surface area contributed by atoms with Crippen LogP contribution in [0.1, 0.15) is 11.1 Å². The molecule has 1 N–H and O–H groups in total. The molecule has 1 rings (SSSR count). The van der Waals surface area contributed by atoms with E-state index in [2.05, 4.69) is 29.7 Å². The van der Waals surface area contributed by atoms with Crippen molar-refractivity contribution >= 4 is 20.1 Å². The first-order valence-corrected chi connectivity index (χ1v) is 12.0. The fourth-order valence-electron chi connectivity index (χ4n) is 2.22. The molecular formula is C17H22F5NO4Si. The molecule has 1 unspecified atom stereocenters. The zero-order valence-corrected chi connectivity index (χ0v) is 16.9. The van der Waals surface area contributed by atoms with E-state index in [1.54, 1.807) is 0 Å². The second-order valence-corrected chi connectivity index (χ2v) is 12.9. The van der Waals surface area contributed by atoms with Crippen molar-refractivity contribution in [3.8, 4) is 0 Å². The third kappa shape index (κ3) is 7.45. The highest BCUT2D eigenvalue weighted by Crippen LogP contribution is 2.34. The molecule has 0 heterocycles. The summed E-state index contributed by atoms with van der Waals surface area (Å²) in [5.41, 5.74) is -2.29. The molecule has 0 aliphatic heterocycles. The Balaban J connectivity index is 2.90. The van der Waals surface area contributed by atoms with Crippen LogP contribution in [0.15, 0.2) is 12.1 Å². The maximum absolute atomic E-state index is 13.7. The van der Waals surface area contributed by atoms with Gasteiger partial charge in [-0.25, -0.2) is 18.4 Å². The molecule has 1 atom stereocenters. The molecule has 0 saturated heterocycles. The van der Waals surface area contributed by atoms with Crippen molar-refractivity contribution in [1.29, 1.82) is 0 Å². The standard InChI is InChI=1S/C17H22F5NO4Si/c1-26-15(24)13(23-16(25)27-5-6-28(2,3)4)9-10-7-11(18)14(12(19)8-10)17(20,21)22/h7-8,13H,5-6,9H2,1-4H3,(H,23,25). The minimum Gasteiger partial charge on any atom is -0.467 e. The van der Waals surface area contributed by atoms with Crippen LogP contribution >= 0.6 is 0 Å². The molecular weight excluding hydrogens is 405 g/mol. The van der Waals surface area contributed by atoms with E-state index in [0.29, 0.717) is 18.2 Å². The maximum Gasteiger partial charge on any atom is 0.422 e. The SMILES string of the molecule is COC(=O)C(Cc1cc(F)c(C(F)(F)F)c(F)c1)NC(=O)OCC[Si](C)(C)C. The van der Waals surface area contributed by atoms with Crippen molar-refractivity contribution in [2.24, 2.45) is 0 Å². The first-order valence-electron chi connectivity index (χ1n) is 8.31. The van der Waals surface area contributed by atoms with Gasteiger partial charge in [0.1, 0.15) is 23.2 Å². The summed E-state index contributed by atoms with van der Waals surface area (Å²) in [5, 5.41) is 2.20. The van der Waals surface area contributed by atoms with E-state index in [9.17, 15) is 31.5 Å². The van der Waals surface area contributed by atoms with Crippen LogP contribution in [0, 0.1) is 11.6 Å². The third-order valence-corrected chi connectivity index (χ3v) is 5.39. The van der Waals surface area contributed by atoms with Crippen LogP contribution < -0.4 is 5.32 Å². The Kier molecular flexibility index (Phi) is 7.97.